The van der Waals surface area contributed by atoms with Gasteiger partial charge in [-0.2, -0.15) is 0 Å². The first-order valence-corrected chi connectivity index (χ1v) is 9.61. The Morgan fingerprint density at radius 3 is 2.65 bits per heavy atom. The van der Waals surface area contributed by atoms with Crippen molar-refractivity contribution < 1.29 is 4.42 Å². The van der Waals surface area contributed by atoms with Gasteiger partial charge in [0.2, 0.25) is 5.71 Å². The number of pyridine rings is 2. The Balaban J connectivity index is 1.66. The van der Waals surface area contributed by atoms with Gasteiger partial charge in [-0.3, -0.25) is 4.98 Å². The summed E-state index contributed by atoms with van der Waals surface area (Å²) in [6.07, 6.45) is 8.07. The largest absolute Gasteiger partial charge is 0.437 e. The van der Waals surface area contributed by atoms with Crippen LogP contribution in [0, 0.1) is 0 Å². The monoisotopic (exact) mass is 342 g/mol. The maximum Gasteiger partial charge on any atom is 0.227 e. The first-order valence-electron chi connectivity index (χ1n) is 9.61. The van der Waals surface area contributed by atoms with Gasteiger partial charge < -0.3 is 4.42 Å². The molecule has 26 heavy (non-hydrogen) atoms. The van der Waals surface area contributed by atoms with Crippen LogP contribution >= 0.6 is 0 Å². The second-order valence-corrected chi connectivity index (χ2v) is 7.26. The second kappa shape index (κ2) is 6.24. The van der Waals surface area contributed by atoms with E-state index in [0.717, 1.165) is 39.7 Å². The van der Waals surface area contributed by atoms with E-state index in [1.54, 1.807) is 0 Å². The maximum absolute atomic E-state index is 6.24. The molecule has 0 radical (unpaired) electrons. The first kappa shape index (κ1) is 15.6. The van der Waals surface area contributed by atoms with Crippen molar-refractivity contribution in [1.29, 1.82) is 0 Å². The molecule has 130 valence electrons. The minimum Gasteiger partial charge on any atom is -0.437 e. The number of fused-ring (bicyclic) bond motifs is 3. The number of aromatic nitrogens is 2. The highest BCUT2D eigenvalue weighted by molar-refractivity contribution is 6.08. The number of furan rings is 1. The summed E-state index contributed by atoms with van der Waals surface area (Å²) >= 11 is 0. The second-order valence-electron chi connectivity index (χ2n) is 7.26. The number of hydrogen-bond acceptors (Lipinski definition) is 3. The third-order valence-electron chi connectivity index (χ3n) is 5.67. The molecule has 0 aliphatic heterocycles. The van der Waals surface area contributed by atoms with Crippen LogP contribution in [0.4, 0.5) is 0 Å². The Morgan fingerprint density at radius 1 is 1.00 bits per heavy atom. The normalized spacial score (nSPS) is 15.3. The molecular weight excluding hydrogens is 320 g/mol. The standard InChI is InChI=1S/C23H22N2O/c1-2-15-10-12-21(24-14-15)19-9-5-8-17-18-11-13-20(16-6-3-4-7-16)25-23(18)26-22(17)19/h5,8-14,16H,2-4,6-7H2,1H3. The Labute approximate surface area is 153 Å². The molecule has 0 unspecified atom stereocenters. The Kier molecular flexibility index (Phi) is 3.74. The average Bonchev–Trinajstić information content (AvgIpc) is 3.35. The molecule has 0 bridgehead atoms. The predicted molar refractivity (Wildman–Crippen MR) is 105 cm³/mol. The summed E-state index contributed by atoms with van der Waals surface area (Å²) in [5.41, 5.74) is 6.04. The van der Waals surface area contributed by atoms with Crippen molar-refractivity contribution in [3.63, 3.8) is 0 Å². The van der Waals surface area contributed by atoms with Crippen LogP contribution in [-0.4, -0.2) is 9.97 Å². The van der Waals surface area contributed by atoms with Crippen LogP contribution < -0.4 is 0 Å². The van der Waals surface area contributed by atoms with Gasteiger partial charge in [0.15, 0.2) is 0 Å². The van der Waals surface area contributed by atoms with Gasteiger partial charge in [-0.1, -0.05) is 38.0 Å². The maximum atomic E-state index is 6.24. The SMILES string of the molecule is CCc1ccc(-c2cccc3c2oc2nc(C4CCCC4)ccc23)nc1. The zero-order valence-corrected chi connectivity index (χ0v) is 15.0. The van der Waals surface area contributed by atoms with Crippen LogP contribution in [0.15, 0.2) is 53.1 Å². The molecule has 1 aliphatic rings. The molecule has 1 aromatic carbocycles. The van der Waals surface area contributed by atoms with Crippen molar-refractivity contribution in [1.82, 2.24) is 9.97 Å². The summed E-state index contributed by atoms with van der Waals surface area (Å²) in [6, 6.07) is 14.9. The van der Waals surface area contributed by atoms with Crippen molar-refractivity contribution in [2.75, 3.05) is 0 Å². The Morgan fingerprint density at radius 2 is 1.88 bits per heavy atom. The van der Waals surface area contributed by atoms with E-state index in [1.165, 1.54) is 36.9 Å². The quantitative estimate of drug-likeness (QED) is 0.441. The van der Waals surface area contributed by atoms with Crippen LogP contribution in [-0.2, 0) is 6.42 Å². The van der Waals surface area contributed by atoms with E-state index in [4.69, 9.17) is 9.40 Å². The molecule has 1 aliphatic carbocycles. The van der Waals surface area contributed by atoms with Gasteiger partial charge in [0.05, 0.1) is 5.69 Å². The van der Waals surface area contributed by atoms with Gasteiger partial charge in [-0.15, -0.1) is 0 Å². The highest BCUT2D eigenvalue weighted by atomic mass is 16.3. The van der Waals surface area contributed by atoms with Crippen LogP contribution in [0.1, 0.15) is 49.8 Å². The fraction of sp³-hybridized carbons (Fsp3) is 0.304. The lowest BCUT2D eigenvalue weighted by atomic mass is 10.0. The summed E-state index contributed by atoms with van der Waals surface area (Å²) in [7, 11) is 0. The van der Waals surface area contributed by atoms with E-state index in [0.29, 0.717) is 5.92 Å². The van der Waals surface area contributed by atoms with E-state index in [9.17, 15) is 0 Å². The fourth-order valence-electron chi connectivity index (χ4n) is 4.14. The molecule has 1 fully saturated rings. The Bertz CT molecular complexity index is 1070. The molecule has 0 amide bonds. The van der Waals surface area contributed by atoms with Gasteiger partial charge in [-0.25, -0.2) is 4.98 Å². The molecule has 0 N–H and O–H groups in total. The van der Waals surface area contributed by atoms with Crippen molar-refractivity contribution in [2.45, 2.75) is 44.9 Å². The lowest BCUT2D eigenvalue weighted by Gasteiger charge is -2.06. The molecule has 3 nitrogen and oxygen atoms in total. The summed E-state index contributed by atoms with van der Waals surface area (Å²) in [5.74, 6) is 0.593. The molecule has 0 atom stereocenters. The number of aryl methyl sites for hydroxylation is 1. The van der Waals surface area contributed by atoms with Crippen molar-refractivity contribution in [2.24, 2.45) is 0 Å². The van der Waals surface area contributed by atoms with E-state index in [2.05, 4.69) is 54.4 Å². The van der Waals surface area contributed by atoms with Gasteiger partial charge >= 0.3 is 0 Å². The third-order valence-corrected chi connectivity index (χ3v) is 5.67. The zero-order valence-electron chi connectivity index (χ0n) is 15.0. The number of nitrogens with zero attached hydrogens (tertiary/aromatic N) is 2. The van der Waals surface area contributed by atoms with Gasteiger partial charge in [0.25, 0.3) is 0 Å². The Hall–Kier alpha value is -2.68. The molecule has 0 saturated heterocycles. The molecule has 3 heteroatoms. The molecular formula is C23H22N2O. The summed E-state index contributed by atoms with van der Waals surface area (Å²) in [4.78, 5) is 9.51. The van der Waals surface area contributed by atoms with E-state index < -0.39 is 0 Å². The number of hydrogen-bond donors (Lipinski definition) is 0. The van der Waals surface area contributed by atoms with Gasteiger partial charge in [-0.05, 0) is 49.1 Å². The zero-order chi connectivity index (χ0) is 17.5. The topological polar surface area (TPSA) is 38.9 Å². The molecule has 1 saturated carbocycles. The van der Waals surface area contributed by atoms with Crippen molar-refractivity contribution in [3.05, 3.63) is 59.9 Å². The fourth-order valence-corrected chi connectivity index (χ4v) is 4.14. The van der Waals surface area contributed by atoms with Gasteiger partial charge in [0, 0.05) is 34.1 Å². The number of rotatable bonds is 3. The smallest absolute Gasteiger partial charge is 0.227 e. The van der Waals surface area contributed by atoms with Crippen LogP contribution in [0.25, 0.3) is 33.3 Å². The lowest BCUT2D eigenvalue weighted by molar-refractivity contribution is 0.638. The van der Waals surface area contributed by atoms with Crippen molar-refractivity contribution >= 4 is 22.1 Å². The number of para-hydroxylation sites is 1. The molecule has 0 spiro atoms. The van der Waals surface area contributed by atoms with E-state index >= 15 is 0 Å². The molecule has 4 aromatic rings. The van der Waals surface area contributed by atoms with Crippen molar-refractivity contribution in [3.8, 4) is 11.3 Å². The molecule has 3 aromatic heterocycles. The average molecular weight is 342 g/mol. The highest BCUT2D eigenvalue weighted by Gasteiger charge is 2.20. The number of benzene rings is 1. The summed E-state index contributed by atoms with van der Waals surface area (Å²) in [6.45, 7) is 2.14. The summed E-state index contributed by atoms with van der Waals surface area (Å²) in [5, 5.41) is 2.21. The van der Waals surface area contributed by atoms with Crippen LogP contribution in [0.5, 0.6) is 0 Å². The van der Waals surface area contributed by atoms with Crippen LogP contribution in [0.3, 0.4) is 0 Å². The van der Waals surface area contributed by atoms with Crippen LogP contribution in [0.2, 0.25) is 0 Å². The highest BCUT2D eigenvalue weighted by Crippen LogP contribution is 2.37. The van der Waals surface area contributed by atoms with Gasteiger partial charge in [0.1, 0.15) is 5.58 Å². The first-order chi connectivity index (χ1) is 12.8. The molecule has 5 rings (SSSR count). The minimum atomic E-state index is 0.593. The predicted octanol–water partition coefficient (Wildman–Crippen LogP) is 6.26. The third kappa shape index (κ3) is 2.50. The molecule has 3 heterocycles. The lowest BCUT2D eigenvalue weighted by Crippen LogP contribution is -1.95. The van der Waals surface area contributed by atoms with E-state index in [1.807, 2.05) is 6.20 Å². The van der Waals surface area contributed by atoms with E-state index in [-0.39, 0.29) is 0 Å². The minimum absolute atomic E-state index is 0.593. The summed E-state index contributed by atoms with van der Waals surface area (Å²) < 4.78 is 6.24.